The van der Waals surface area contributed by atoms with Crippen molar-refractivity contribution in [3.8, 4) is 0 Å². The Morgan fingerprint density at radius 3 is 2.53 bits per heavy atom. The number of anilines is 1. The first-order valence-electron chi connectivity index (χ1n) is 4.61. The summed E-state index contributed by atoms with van der Waals surface area (Å²) in [6.45, 7) is 0. The molecular weight excluding hydrogens is 279 g/mol. The molecule has 0 saturated heterocycles. The Hall–Kier alpha value is -1.01. The molecule has 0 fully saturated rings. The van der Waals surface area contributed by atoms with Crippen molar-refractivity contribution in [1.29, 1.82) is 0 Å². The zero-order chi connectivity index (χ0) is 12.3. The summed E-state index contributed by atoms with van der Waals surface area (Å²) >= 11 is 13.4. The average molecular weight is 287 g/mol. The highest BCUT2D eigenvalue weighted by Gasteiger charge is 2.09. The standard InChI is InChI=1S/C10H8Cl2N4S/c11-7-5-8(12)10(15-9(7)16-13)17-6-1-3-14-4-2-6/h1-5H,13H2,(H,15,16). The Balaban J connectivity index is 2.33. The quantitative estimate of drug-likeness (QED) is 0.670. The number of rotatable bonds is 3. The molecule has 2 heterocycles. The first kappa shape index (κ1) is 12.4. The van der Waals surface area contributed by atoms with E-state index in [1.165, 1.54) is 11.8 Å². The molecule has 17 heavy (non-hydrogen) atoms. The van der Waals surface area contributed by atoms with Crippen LogP contribution in [0.15, 0.2) is 40.5 Å². The number of aromatic nitrogens is 2. The van der Waals surface area contributed by atoms with E-state index >= 15 is 0 Å². The molecule has 0 bridgehead atoms. The molecule has 0 aliphatic rings. The van der Waals surface area contributed by atoms with Gasteiger partial charge in [-0.1, -0.05) is 35.0 Å². The fraction of sp³-hybridized carbons (Fsp3) is 0. The first-order chi connectivity index (χ1) is 8.20. The van der Waals surface area contributed by atoms with Crippen LogP contribution in [-0.2, 0) is 0 Å². The first-order valence-corrected chi connectivity index (χ1v) is 6.18. The minimum Gasteiger partial charge on any atom is -0.307 e. The van der Waals surface area contributed by atoms with E-state index in [1.807, 2.05) is 12.1 Å². The summed E-state index contributed by atoms with van der Waals surface area (Å²) in [4.78, 5) is 9.15. The zero-order valence-corrected chi connectivity index (χ0v) is 10.9. The lowest BCUT2D eigenvalue weighted by atomic mass is 10.4. The Labute approximate surface area is 113 Å². The lowest BCUT2D eigenvalue weighted by Gasteiger charge is -2.07. The van der Waals surface area contributed by atoms with Gasteiger partial charge >= 0.3 is 0 Å². The molecule has 88 valence electrons. The number of pyridine rings is 2. The van der Waals surface area contributed by atoms with Gasteiger partial charge in [0.05, 0.1) is 10.0 Å². The van der Waals surface area contributed by atoms with Crippen molar-refractivity contribution in [2.45, 2.75) is 9.92 Å². The van der Waals surface area contributed by atoms with E-state index in [9.17, 15) is 0 Å². The molecule has 0 saturated carbocycles. The van der Waals surface area contributed by atoms with Crippen molar-refractivity contribution < 1.29 is 0 Å². The molecule has 2 rings (SSSR count). The van der Waals surface area contributed by atoms with E-state index in [0.29, 0.717) is 20.9 Å². The number of hydrogen-bond acceptors (Lipinski definition) is 5. The summed E-state index contributed by atoms with van der Waals surface area (Å²) < 4.78 is 0. The normalized spacial score (nSPS) is 10.3. The fourth-order valence-corrected chi connectivity index (χ4v) is 2.44. The van der Waals surface area contributed by atoms with E-state index < -0.39 is 0 Å². The molecule has 0 aromatic carbocycles. The summed E-state index contributed by atoms with van der Waals surface area (Å²) in [6.07, 6.45) is 3.41. The van der Waals surface area contributed by atoms with E-state index in [4.69, 9.17) is 29.0 Å². The van der Waals surface area contributed by atoms with E-state index in [1.54, 1.807) is 18.5 Å². The summed E-state index contributed by atoms with van der Waals surface area (Å²) in [6, 6.07) is 5.34. The van der Waals surface area contributed by atoms with Crippen LogP contribution in [0, 0.1) is 0 Å². The Bertz CT molecular complexity index is 521. The summed E-state index contributed by atoms with van der Waals surface area (Å²) in [5.74, 6) is 5.70. The minimum absolute atomic E-state index is 0.386. The molecule has 7 heteroatoms. The zero-order valence-electron chi connectivity index (χ0n) is 8.52. The van der Waals surface area contributed by atoms with E-state index in [0.717, 1.165) is 4.90 Å². The molecule has 0 radical (unpaired) electrons. The summed E-state index contributed by atoms with van der Waals surface area (Å²) in [5.41, 5.74) is 2.42. The highest BCUT2D eigenvalue weighted by Crippen LogP contribution is 2.35. The maximum atomic E-state index is 6.06. The molecule has 2 aromatic rings. The molecule has 0 atom stereocenters. The van der Waals surface area contributed by atoms with Gasteiger partial charge in [0.2, 0.25) is 0 Å². The van der Waals surface area contributed by atoms with Crippen LogP contribution in [0.25, 0.3) is 0 Å². The Kier molecular flexibility index (Phi) is 4.06. The summed E-state index contributed by atoms with van der Waals surface area (Å²) in [5, 5.41) is 1.50. The van der Waals surface area contributed by atoms with Crippen LogP contribution in [0.4, 0.5) is 5.82 Å². The minimum atomic E-state index is 0.386. The van der Waals surface area contributed by atoms with Crippen molar-refractivity contribution in [2.24, 2.45) is 5.84 Å². The Morgan fingerprint density at radius 1 is 1.18 bits per heavy atom. The summed E-state index contributed by atoms with van der Waals surface area (Å²) in [7, 11) is 0. The second kappa shape index (κ2) is 5.55. The number of nitrogen functional groups attached to an aromatic ring is 1. The van der Waals surface area contributed by atoms with Crippen LogP contribution in [0.2, 0.25) is 10.0 Å². The van der Waals surface area contributed by atoms with Gasteiger partial charge in [0.25, 0.3) is 0 Å². The largest absolute Gasteiger partial charge is 0.307 e. The lowest BCUT2D eigenvalue weighted by molar-refractivity contribution is 1.10. The van der Waals surface area contributed by atoms with E-state index in [-0.39, 0.29) is 0 Å². The third-order valence-corrected chi connectivity index (χ3v) is 3.60. The van der Waals surface area contributed by atoms with Crippen LogP contribution in [0.5, 0.6) is 0 Å². The van der Waals surface area contributed by atoms with Gasteiger partial charge in [-0.3, -0.25) is 4.98 Å². The van der Waals surface area contributed by atoms with Crippen molar-refractivity contribution in [2.75, 3.05) is 5.43 Å². The molecule has 0 unspecified atom stereocenters. The second-order valence-electron chi connectivity index (χ2n) is 3.04. The monoisotopic (exact) mass is 286 g/mol. The highest BCUT2D eigenvalue weighted by atomic mass is 35.5. The average Bonchev–Trinajstić information content (AvgIpc) is 2.34. The van der Waals surface area contributed by atoms with Gasteiger partial charge in [-0.25, -0.2) is 10.8 Å². The van der Waals surface area contributed by atoms with Crippen LogP contribution < -0.4 is 11.3 Å². The SMILES string of the molecule is NNc1nc(Sc2ccncc2)c(Cl)cc1Cl. The van der Waals surface area contributed by atoms with Gasteiger partial charge in [-0.05, 0) is 18.2 Å². The van der Waals surface area contributed by atoms with Crippen LogP contribution >= 0.6 is 35.0 Å². The van der Waals surface area contributed by atoms with Gasteiger partial charge in [-0.15, -0.1) is 0 Å². The maximum absolute atomic E-state index is 6.06. The van der Waals surface area contributed by atoms with Crippen LogP contribution in [0.3, 0.4) is 0 Å². The molecule has 0 aliphatic carbocycles. The van der Waals surface area contributed by atoms with Gasteiger partial charge in [0.15, 0.2) is 5.82 Å². The topological polar surface area (TPSA) is 63.8 Å². The number of hydrogen-bond donors (Lipinski definition) is 2. The molecule has 3 N–H and O–H groups in total. The van der Waals surface area contributed by atoms with Gasteiger partial charge < -0.3 is 5.43 Å². The molecule has 0 spiro atoms. The molecule has 4 nitrogen and oxygen atoms in total. The van der Waals surface area contributed by atoms with Gasteiger partial charge in [0.1, 0.15) is 5.03 Å². The molecule has 2 aromatic heterocycles. The van der Waals surface area contributed by atoms with Gasteiger partial charge in [-0.2, -0.15) is 0 Å². The van der Waals surface area contributed by atoms with Crippen molar-refractivity contribution >= 4 is 40.8 Å². The Morgan fingerprint density at radius 2 is 1.88 bits per heavy atom. The molecular formula is C10H8Cl2N4S. The molecule has 0 amide bonds. The predicted octanol–water partition coefficient (Wildman–Crippen LogP) is 3.22. The smallest absolute Gasteiger partial charge is 0.160 e. The third-order valence-electron chi connectivity index (χ3n) is 1.90. The number of hydrazine groups is 1. The number of nitrogens with zero attached hydrogens (tertiary/aromatic N) is 2. The van der Waals surface area contributed by atoms with Crippen molar-refractivity contribution in [1.82, 2.24) is 9.97 Å². The third kappa shape index (κ3) is 3.01. The van der Waals surface area contributed by atoms with Gasteiger partial charge in [0, 0.05) is 17.3 Å². The highest BCUT2D eigenvalue weighted by molar-refractivity contribution is 7.99. The number of halogens is 2. The van der Waals surface area contributed by atoms with Crippen LogP contribution in [-0.4, -0.2) is 9.97 Å². The number of nitrogens with two attached hydrogens (primary N) is 1. The van der Waals surface area contributed by atoms with Crippen molar-refractivity contribution in [3.05, 3.63) is 40.6 Å². The second-order valence-corrected chi connectivity index (χ2v) is 4.91. The fourth-order valence-electron chi connectivity index (χ4n) is 1.14. The maximum Gasteiger partial charge on any atom is 0.160 e. The lowest BCUT2D eigenvalue weighted by Crippen LogP contribution is -2.09. The van der Waals surface area contributed by atoms with Crippen LogP contribution in [0.1, 0.15) is 0 Å². The van der Waals surface area contributed by atoms with E-state index in [2.05, 4.69) is 15.4 Å². The van der Waals surface area contributed by atoms with Crippen molar-refractivity contribution in [3.63, 3.8) is 0 Å². The molecule has 0 aliphatic heterocycles. The predicted molar refractivity (Wildman–Crippen MR) is 70.4 cm³/mol. The number of nitrogens with one attached hydrogen (secondary N) is 1.